The Morgan fingerprint density at radius 3 is 2.86 bits per heavy atom. The van der Waals surface area contributed by atoms with E-state index in [1.807, 2.05) is 13.0 Å². The molecule has 0 aromatic heterocycles. The topological polar surface area (TPSA) is 60.0 Å². The predicted molar refractivity (Wildman–Crippen MR) is 102 cm³/mol. The standard InChI is InChI=1S/C21H29FN2O4/c1-15(17-4-5-19(18(22)12-17)27-13-16-2-3-16)23-20(25)24-8-11-28-21(14-24)6-9-26-10-7-21/h4-5,12,15-16H,2-3,6-11,13-14H2,1H3,(H,23,25). The minimum Gasteiger partial charge on any atom is -0.490 e. The number of benzene rings is 1. The fraction of sp³-hybridized carbons (Fsp3) is 0.667. The number of urea groups is 1. The molecule has 1 saturated carbocycles. The quantitative estimate of drug-likeness (QED) is 0.836. The van der Waals surface area contributed by atoms with Gasteiger partial charge in [-0.1, -0.05) is 6.07 Å². The lowest BCUT2D eigenvalue weighted by Gasteiger charge is -2.44. The highest BCUT2D eigenvalue weighted by atomic mass is 19.1. The molecule has 2 saturated heterocycles. The van der Waals surface area contributed by atoms with Crippen LogP contribution in [-0.2, 0) is 9.47 Å². The first kappa shape index (κ1) is 19.5. The molecule has 1 spiro atoms. The zero-order valence-electron chi connectivity index (χ0n) is 16.4. The van der Waals surface area contributed by atoms with E-state index in [0.717, 1.165) is 18.4 Å². The summed E-state index contributed by atoms with van der Waals surface area (Å²) in [7, 11) is 0. The van der Waals surface area contributed by atoms with Crippen LogP contribution in [-0.4, -0.2) is 56.0 Å². The van der Waals surface area contributed by atoms with Crippen molar-refractivity contribution < 1.29 is 23.4 Å². The molecule has 1 aliphatic carbocycles. The molecule has 2 heterocycles. The summed E-state index contributed by atoms with van der Waals surface area (Å²) in [6, 6.07) is 4.48. The monoisotopic (exact) mass is 392 g/mol. The molecule has 0 radical (unpaired) electrons. The van der Waals surface area contributed by atoms with Gasteiger partial charge in [0.05, 0.1) is 31.4 Å². The molecule has 1 aromatic rings. The van der Waals surface area contributed by atoms with Crippen molar-refractivity contribution in [3.05, 3.63) is 29.6 Å². The molecule has 28 heavy (non-hydrogen) atoms. The maximum Gasteiger partial charge on any atom is 0.318 e. The van der Waals surface area contributed by atoms with Crippen molar-refractivity contribution in [1.29, 1.82) is 0 Å². The number of halogens is 1. The van der Waals surface area contributed by atoms with E-state index in [1.165, 1.54) is 18.9 Å². The molecule has 3 aliphatic rings. The van der Waals surface area contributed by atoms with E-state index >= 15 is 0 Å². The highest BCUT2D eigenvalue weighted by Crippen LogP contribution is 2.31. The minimum atomic E-state index is -0.383. The summed E-state index contributed by atoms with van der Waals surface area (Å²) >= 11 is 0. The molecule has 3 fully saturated rings. The summed E-state index contributed by atoms with van der Waals surface area (Å²) in [5.74, 6) is 0.473. The number of hydrogen-bond acceptors (Lipinski definition) is 4. The van der Waals surface area contributed by atoms with Gasteiger partial charge in [-0.3, -0.25) is 0 Å². The number of carbonyl (C=O) groups excluding carboxylic acids is 1. The Labute approximate surface area is 165 Å². The second-order valence-corrected chi connectivity index (χ2v) is 8.18. The summed E-state index contributed by atoms with van der Waals surface area (Å²) in [6.45, 7) is 5.43. The van der Waals surface area contributed by atoms with E-state index < -0.39 is 0 Å². The molecule has 1 atom stereocenters. The summed E-state index contributed by atoms with van der Waals surface area (Å²) in [5.41, 5.74) is 0.433. The molecular weight excluding hydrogens is 363 g/mol. The fourth-order valence-corrected chi connectivity index (χ4v) is 3.82. The third-order valence-electron chi connectivity index (χ3n) is 5.91. The second kappa shape index (κ2) is 8.25. The first-order chi connectivity index (χ1) is 13.5. The highest BCUT2D eigenvalue weighted by molar-refractivity contribution is 5.75. The van der Waals surface area contributed by atoms with Gasteiger partial charge in [0.1, 0.15) is 0 Å². The first-order valence-corrected chi connectivity index (χ1v) is 10.2. The van der Waals surface area contributed by atoms with E-state index in [1.54, 1.807) is 11.0 Å². The van der Waals surface area contributed by atoms with Crippen molar-refractivity contribution in [3.8, 4) is 5.75 Å². The Bertz CT molecular complexity index is 698. The van der Waals surface area contributed by atoms with Crippen LogP contribution in [0, 0.1) is 11.7 Å². The van der Waals surface area contributed by atoms with E-state index in [-0.39, 0.29) is 29.2 Å². The summed E-state index contributed by atoms with van der Waals surface area (Å²) < 4.78 is 31.3. The third kappa shape index (κ3) is 4.58. The van der Waals surface area contributed by atoms with E-state index in [4.69, 9.17) is 14.2 Å². The van der Waals surface area contributed by atoms with E-state index in [9.17, 15) is 9.18 Å². The lowest BCUT2D eigenvalue weighted by Crippen LogP contribution is -2.57. The zero-order valence-corrected chi connectivity index (χ0v) is 16.4. The lowest BCUT2D eigenvalue weighted by atomic mass is 9.92. The van der Waals surface area contributed by atoms with Crippen LogP contribution < -0.4 is 10.1 Å². The van der Waals surface area contributed by atoms with Crippen LogP contribution in [0.3, 0.4) is 0 Å². The van der Waals surface area contributed by atoms with Crippen LogP contribution in [0.2, 0.25) is 0 Å². The van der Waals surface area contributed by atoms with Crippen LogP contribution in [0.5, 0.6) is 5.75 Å². The molecule has 4 rings (SSSR count). The average molecular weight is 392 g/mol. The van der Waals surface area contributed by atoms with Crippen LogP contribution in [0.1, 0.15) is 44.2 Å². The van der Waals surface area contributed by atoms with Crippen molar-refractivity contribution in [1.82, 2.24) is 10.2 Å². The third-order valence-corrected chi connectivity index (χ3v) is 5.91. The first-order valence-electron chi connectivity index (χ1n) is 10.2. The van der Waals surface area contributed by atoms with Crippen LogP contribution >= 0.6 is 0 Å². The molecular formula is C21H29FN2O4. The van der Waals surface area contributed by atoms with Crippen molar-refractivity contribution in [2.45, 2.75) is 44.2 Å². The van der Waals surface area contributed by atoms with Crippen LogP contribution in [0.25, 0.3) is 0 Å². The van der Waals surface area contributed by atoms with Gasteiger partial charge in [0.25, 0.3) is 0 Å². The van der Waals surface area contributed by atoms with E-state index in [2.05, 4.69) is 5.32 Å². The second-order valence-electron chi connectivity index (χ2n) is 8.18. The average Bonchev–Trinajstić information content (AvgIpc) is 3.52. The van der Waals surface area contributed by atoms with Gasteiger partial charge in [-0.2, -0.15) is 0 Å². The normalized spacial score (nSPS) is 22.7. The Balaban J connectivity index is 1.33. The molecule has 0 bridgehead atoms. The van der Waals surface area contributed by atoms with Gasteiger partial charge in [-0.25, -0.2) is 9.18 Å². The summed E-state index contributed by atoms with van der Waals surface area (Å²) in [6.07, 6.45) is 3.94. The number of carbonyl (C=O) groups is 1. The Hall–Kier alpha value is -1.86. The molecule has 1 aromatic carbocycles. The van der Waals surface area contributed by atoms with Gasteiger partial charge < -0.3 is 24.4 Å². The fourth-order valence-electron chi connectivity index (χ4n) is 3.82. The number of ether oxygens (including phenoxy) is 3. The largest absolute Gasteiger partial charge is 0.490 e. The molecule has 7 heteroatoms. The van der Waals surface area contributed by atoms with Crippen LogP contribution in [0.15, 0.2) is 18.2 Å². The van der Waals surface area contributed by atoms with E-state index in [0.29, 0.717) is 45.4 Å². The Morgan fingerprint density at radius 1 is 1.36 bits per heavy atom. The SMILES string of the molecule is CC(NC(=O)N1CCOC2(CCOCC2)C1)c1ccc(OCC2CC2)c(F)c1. The number of morpholine rings is 1. The molecule has 1 N–H and O–H groups in total. The maximum absolute atomic E-state index is 14.3. The van der Waals surface area contributed by atoms with Gasteiger partial charge in [0.15, 0.2) is 11.6 Å². The van der Waals surface area contributed by atoms with Gasteiger partial charge in [-0.15, -0.1) is 0 Å². The molecule has 2 amide bonds. The lowest BCUT2D eigenvalue weighted by molar-refractivity contribution is -0.145. The Kier molecular flexibility index (Phi) is 5.73. The van der Waals surface area contributed by atoms with Crippen molar-refractivity contribution in [2.24, 2.45) is 5.92 Å². The predicted octanol–water partition coefficient (Wildman–Crippen LogP) is 3.27. The molecule has 2 aliphatic heterocycles. The number of hydrogen-bond donors (Lipinski definition) is 1. The summed E-state index contributed by atoms with van der Waals surface area (Å²) in [4.78, 5) is 14.6. The molecule has 154 valence electrons. The van der Waals surface area contributed by atoms with Gasteiger partial charge in [0.2, 0.25) is 0 Å². The molecule has 6 nitrogen and oxygen atoms in total. The Morgan fingerprint density at radius 2 is 2.14 bits per heavy atom. The van der Waals surface area contributed by atoms with Crippen LogP contribution in [0.4, 0.5) is 9.18 Å². The zero-order chi connectivity index (χ0) is 19.6. The highest BCUT2D eigenvalue weighted by Gasteiger charge is 2.39. The smallest absolute Gasteiger partial charge is 0.318 e. The maximum atomic E-state index is 14.3. The van der Waals surface area contributed by atoms with Gasteiger partial charge >= 0.3 is 6.03 Å². The van der Waals surface area contributed by atoms with Gasteiger partial charge in [0, 0.05) is 32.6 Å². The molecule has 1 unspecified atom stereocenters. The van der Waals surface area contributed by atoms with Crippen molar-refractivity contribution in [3.63, 3.8) is 0 Å². The van der Waals surface area contributed by atoms with Gasteiger partial charge in [-0.05, 0) is 43.4 Å². The number of rotatable bonds is 5. The minimum absolute atomic E-state index is 0.142. The van der Waals surface area contributed by atoms with Crippen molar-refractivity contribution >= 4 is 6.03 Å². The number of nitrogens with zero attached hydrogens (tertiary/aromatic N) is 1. The number of amides is 2. The number of nitrogens with one attached hydrogen (secondary N) is 1. The van der Waals surface area contributed by atoms with Crippen molar-refractivity contribution in [2.75, 3.05) is 39.5 Å². The summed E-state index contributed by atoms with van der Waals surface area (Å²) in [5, 5.41) is 2.99.